The Bertz CT molecular complexity index is 1290. The van der Waals surface area contributed by atoms with Crippen molar-refractivity contribution >= 4 is 66.2 Å². The SMILES string of the molecule is C[Si](C)(CP(c1ccccc1)c1ccccc1)[N-][Si](C)(C)CP(c1ccccc1)c1ccccc1.[CH3-].[Cr+3].[S-]c1ccccc1. The van der Waals surface area contributed by atoms with Crippen LogP contribution in [-0.2, 0) is 30.0 Å². The molecule has 0 fully saturated rings. The molecule has 5 aromatic carbocycles. The van der Waals surface area contributed by atoms with Crippen LogP contribution in [0.2, 0.25) is 26.2 Å². The van der Waals surface area contributed by atoms with E-state index in [0.717, 1.165) is 4.90 Å². The first-order chi connectivity index (χ1) is 20.2. The van der Waals surface area contributed by atoms with Crippen molar-refractivity contribution < 1.29 is 17.4 Å². The van der Waals surface area contributed by atoms with Crippen molar-refractivity contribution in [2.75, 3.05) is 11.6 Å². The molecule has 0 spiro atoms. The largest absolute Gasteiger partial charge is 3.00 e. The summed E-state index contributed by atoms with van der Waals surface area (Å²) in [4.78, 5) is 0.905. The molecule has 0 N–H and O–H groups in total. The van der Waals surface area contributed by atoms with Gasteiger partial charge in [0.25, 0.3) is 0 Å². The Kier molecular flexibility index (Phi) is 16.5. The van der Waals surface area contributed by atoms with Crippen molar-refractivity contribution in [1.82, 2.24) is 0 Å². The minimum atomic E-state index is -1.81. The number of nitrogens with zero attached hydrogens (tertiary/aromatic N) is 1. The Labute approximate surface area is 288 Å². The van der Waals surface area contributed by atoms with E-state index < -0.39 is 32.3 Å². The molecule has 5 aromatic rings. The first kappa shape index (κ1) is 38.3. The Morgan fingerprint density at radius 3 is 0.886 bits per heavy atom. The second-order valence-corrected chi connectivity index (χ2v) is 26.5. The monoisotopic (exact) mass is 704 g/mol. The molecule has 0 aliphatic carbocycles. The van der Waals surface area contributed by atoms with Gasteiger partial charge in [-0.15, -0.1) is 0 Å². The summed E-state index contributed by atoms with van der Waals surface area (Å²) in [6.45, 7) is 9.99. The average Bonchev–Trinajstić information content (AvgIpc) is 3.01. The molecule has 0 aliphatic rings. The molecule has 44 heavy (non-hydrogen) atoms. The van der Waals surface area contributed by atoms with Crippen LogP contribution in [0.5, 0.6) is 0 Å². The van der Waals surface area contributed by atoms with Gasteiger partial charge in [-0.3, -0.25) is 0 Å². The summed E-state index contributed by atoms with van der Waals surface area (Å²) in [6, 6.07) is 54.1. The maximum atomic E-state index is 5.83. The number of hydrogen-bond donors (Lipinski definition) is 0. The van der Waals surface area contributed by atoms with Gasteiger partial charge in [-0.25, -0.2) is 0 Å². The summed E-state index contributed by atoms with van der Waals surface area (Å²) < 4.78 is 5.83. The zero-order valence-corrected chi connectivity index (χ0v) is 32.4. The third-order valence-electron chi connectivity index (χ3n) is 6.71. The Balaban J connectivity index is 0.000000662. The van der Waals surface area contributed by atoms with Gasteiger partial charge in [0.1, 0.15) is 0 Å². The molecule has 1 nitrogen and oxygen atoms in total. The molecule has 5 rings (SSSR count). The van der Waals surface area contributed by atoms with Crippen LogP contribution in [0.25, 0.3) is 4.65 Å². The van der Waals surface area contributed by atoms with E-state index in [1.807, 2.05) is 30.3 Å². The van der Waals surface area contributed by atoms with Crippen LogP contribution >= 0.6 is 15.8 Å². The second kappa shape index (κ2) is 18.9. The van der Waals surface area contributed by atoms with Gasteiger partial charge in [-0.05, 0) is 48.6 Å². The first-order valence-corrected chi connectivity index (χ1v) is 24.2. The zero-order chi connectivity index (χ0) is 29.8. The van der Waals surface area contributed by atoms with Crippen molar-refractivity contribution in [3.05, 3.63) is 164 Å². The van der Waals surface area contributed by atoms with Gasteiger partial charge in [0, 0.05) is 0 Å². The van der Waals surface area contributed by atoms with Gasteiger partial charge in [-0.2, -0.15) is 4.90 Å². The smallest absolute Gasteiger partial charge is 0.780 e. The molecule has 1 radical (unpaired) electrons. The summed E-state index contributed by atoms with van der Waals surface area (Å²) in [7, 11) is -4.43. The molecule has 0 saturated carbocycles. The molecule has 0 atom stereocenters. The van der Waals surface area contributed by atoms with Crippen LogP contribution in [-0.4, -0.2) is 28.0 Å². The Morgan fingerprint density at radius 1 is 0.455 bits per heavy atom. The van der Waals surface area contributed by atoms with Crippen molar-refractivity contribution in [3.8, 4) is 0 Å². The van der Waals surface area contributed by atoms with Crippen molar-refractivity contribution in [3.63, 3.8) is 0 Å². The van der Waals surface area contributed by atoms with Crippen LogP contribution in [0.15, 0.2) is 157 Å². The number of rotatable bonds is 10. The number of hydrogen-bond acceptors (Lipinski definition) is 1. The first-order valence-electron chi connectivity index (χ1n) is 14.4. The van der Waals surface area contributed by atoms with E-state index in [0.29, 0.717) is 0 Å². The Hall–Kier alpha value is -1.89. The predicted octanol–water partition coefficient (Wildman–Crippen LogP) is 9.15. The molecule has 0 aromatic heterocycles. The topological polar surface area (TPSA) is 14.1 Å². The van der Waals surface area contributed by atoms with Crippen LogP contribution in [0.3, 0.4) is 0 Å². The molecule has 0 heterocycles. The Morgan fingerprint density at radius 2 is 0.682 bits per heavy atom. The summed E-state index contributed by atoms with van der Waals surface area (Å²) in [5.41, 5.74) is 0. The van der Waals surface area contributed by atoms with E-state index in [1.54, 1.807) is 0 Å². The van der Waals surface area contributed by atoms with E-state index in [4.69, 9.17) is 17.3 Å². The van der Waals surface area contributed by atoms with Gasteiger partial charge in [-0.1, -0.05) is 194 Å². The van der Waals surface area contributed by atoms with E-state index in [-0.39, 0.29) is 24.8 Å². The molecule has 0 amide bonds. The maximum Gasteiger partial charge on any atom is 3.00 e. The molecular formula is C37H44CrNP2SSi2. The predicted molar refractivity (Wildman–Crippen MR) is 205 cm³/mol. The third kappa shape index (κ3) is 12.5. The quantitative estimate of drug-likeness (QED) is 0.0613. The van der Waals surface area contributed by atoms with Gasteiger partial charge >= 0.3 is 17.4 Å². The zero-order valence-electron chi connectivity index (χ0n) is 26.5. The van der Waals surface area contributed by atoms with E-state index >= 15 is 0 Å². The molecule has 7 heteroatoms. The van der Waals surface area contributed by atoms with Gasteiger partial charge in [0.2, 0.25) is 0 Å². The standard InChI is InChI=1S/C30H36NP2Si2.C6H6S.CH3.Cr/c1-34(2,25-32(27-17-9-5-10-18-27)28-19-11-6-12-20-28)31-35(3,4)26-33(29-21-13-7-14-22-29)30-23-15-8-16-24-30;7-6-4-2-1-3-5-6;;/h5-24H,25-26H2,1-4H3;1-5,7H;1H3;/q-1;;-1;+3/p-1. The molecule has 0 saturated heterocycles. The summed E-state index contributed by atoms with van der Waals surface area (Å²) in [5.74, 6) is 2.42. The van der Waals surface area contributed by atoms with Crippen LogP contribution in [0.4, 0.5) is 0 Å². The molecule has 0 bridgehead atoms. The molecular weight excluding hydrogens is 661 g/mol. The van der Waals surface area contributed by atoms with Crippen molar-refractivity contribution in [2.45, 2.75) is 31.1 Å². The van der Waals surface area contributed by atoms with Crippen LogP contribution in [0.1, 0.15) is 0 Å². The fourth-order valence-corrected chi connectivity index (χ4v) is 25.6. The van der Waals surface area contributed by atoms with E-state index in [1.165, 1.54) is 32.8 Å². The minimum absolute atomic E-state index is 0. The van der Waals surface area contributed by atoms with Crippen molar-refractivity contribution in [1.29, 1.82) is 0 Å². The fourth-order valence-electron chi connectivity index (χ4n) is 5.18. The van der Waals surface area contributed by atoms with Gasteiger partial charge in [0.15, 0.2) is 0 Å². The molecule has 227 valence electrons. The number of benzene rings is 5. The third-order valence-corrected chi connectivity index (χ3v) is 24.2. The summed E-state index contributed by atoms with van der Waals surface area (Å²) in [6.07, 6.45) is 0. The molecule has 0 unspecified atom stereocenters. The van der Waals surface area contributed by atoms with E-state index in [2.05, 4.69) is 148 Å². The summed E-state index contributed by atoms with van der Waals surface area (Å²) in [5, 5.41) is 5.89. The van der Waals surface area contributed by atoms with Crippen LogP contribution in [0, 0.1) is 7.43 Å². The van der Waals surface area contributed by atoms with Crippen molar-refractivity contribution in [2.24, 2.45) is 0 Å². The second-order valence-electron chi connectivity index (χ2n) is 11.6. The average molecular weight is 705 g/mol. The normalized spacial score (nSPS) is 11.1. The maximum absolute atomic E-state index is 5.83. The van der Waals surface area contributed by atoms with Crippen LogP contribution < -0.4 is 21.2 Å². The summed E-state index contributed by atoms with van der Waals surface area (Å²) >= 11 is 4.81. The van der Waals surface area contributed by atoms with E-state index in [9.17, 15) is 0 Å². The van der Waals surface area contributed by atoms with Gasteiger partial charge in [0.05, 0.1) is 0 Å². The van der Waals surface area contributed by atoms with Gasteiger partial charge < -0.3 is 24.7 Å². The fraction of sp³-hybridized carbons (Fsp3) is 0.162. The minimum Gasteiger partial charge on any atom is -0.780 e. The molecule has 0 aliphatic heterocycles.